The Hall–Kier alpha value is -1.46. The van der Waals surface area contributed by atoms with Crippen molar-refractivity contribution >= 4 is 21.7 Å². The van der Waals surface area contributed by atoms with Gasteiger partial charge in [-0.25, -0.2) is 0 Å². The van der Waals surface area contributed by atoms with E-state index >= 15 is 0 Å². The van der Waals surface area contributed by atoms with Crippen LogP contribution in [-0.4, -0.2) is 21.6 Å². The van der Waals surface area contributed by atoms with E-state index in [9.17, 15) is 4.79 Å². The first-order valence-electron chi connectivity index (χ1n) is 6.57. The molecule has 4 nitrogen and oxygen atoms in total. The number of rotatable bonds is 5. The van der Waals surface area contributed by atoms with E-state index in [2.05, 4.69) is 21.0 Å². The zero-order chi connectivity index (χ0) is 14.7. The standard InChI is InChI=1S/C15H18BrN3O/c1-10(2)19-14(12(16)9-18-19)15(20)13(17)8-11-6-4-3-5-7-11/h3-7,9-10,13H,8,17H2,1-2H3. The Morgan fingerprint density at radius 3 is 2.60 bits per heavy atom. The molecule has 0 amide bonds. The number of hydrogen-bond donors (Lipinski definition) is 1. The summed E-state index contributed by atoms with van der Waals surface area (Å²) < 4.78 is 2.40. The lowest BCUT2D eigenvalue weighted by molar-refractivity contribution is 0.0947. The van der Waals surface area contributed by atoms with Gasteiger partial charge in [0.25, 0.3) is 0 Å². The Bertz CT molecular complexity index is 592. The van der Waals surface area contributed by atoms with Crippen molar-refractivity contribution in [3.05, 3.63) is 52.3 Å². The molecule has 20 heavy (non-hydrogen) atoms. The van der Waals surface area contributed by atoms with Gasteiger partial charge in [0.1, 0.15) is 5.69 Å². The second-order valence-corrected chi connectivity index (χ2v) is 5.89. The fourth-order valence-corrected chi connectivity index (χ4v) is 2.57. The van der Waals surface area contributed by atoms with Gasteiger partial charge in [-0.15, -0.1) is 0 Å². The molecule has 0 bridgehead atoms. The zero-order valence-corrected chi connectivity index (χ0v) is 13.2. The number of ketones is 1. The molecule has 2 rings (SSSR count). The van der Waals surface area contributed by atoms with Gasteiger partial charge in [-0.3, -0.25) is 9.48 Å². The average Bonchev–Trinajstić information content (AvgIpc) is 2.81. The van der Waals surface area contributed by atoms with E-state index in [1.807, 2.05) is 44.2 Å². The molecule has 2 N–H and O–H groups in total. The fraction of sp³-hybridized carbons (Fsp3) is 0.333. The summed E-state index contributed by atoms with van der Waals surface area (Å²) in [4.78, 5) is 12.5. The first kappa shape index (κ1) is 14.9. The topological polar surface area (TPSA) is 60.9 Å². The van der Waals surface area contributed by atoms with Crippen molar-refractivity contribution in [1.29, 1.82) is 0 Å². The molecule has 1 atom stereocenters. The second-order valence-electron chi connectivity index (χ2n) is 5.04. The summed E-state index contributed by atoms with van der Waals surface area (Å²) in [5, 5.41) is 4.22. The van der Waals surface area contributed by atoms with Crippen molar-refractivity contribution in [3.63, 3.8) is 0 Å². The van der Waals surface area contributed by atoms with Gasteiger partial charge < -0.3 is 5.73 Å². The molecule has 0 radical (unpaired) electrons. The van der Waals surface area contributed by atoms with E-state index in [4.69, 9.17) is 5.73 Å². The maximum Gasteiger partial charge on any atom is 0.198 e. The predicted molar refractivity (Wildman–Crippen MR) is 82.8 cm³/mol. The third kappa shape index (κ3) is 3.16. The molecule has 106 valence electrons. The number of nitrogens with two attached hydrogens (primary N) is 1. The van der Waals surface area contributed by atoms with Gasteiger partial charge >= 0.3 is 0 Å². The smallest absolute Gasteiger partial charge is 0.198 e. The Kier molecular flexibility index (Phi) is 4.73. The lowest BCUT2D eigenvalue weighted by atomic mass is 10.0. The largest absolute Gasteiger partial charge is 0.321 e. The van der Waals surface area contributed by atoms with Crippen LogP contribution >= 0.6 is 15.9 Å². The van der Waals surface area contributed by atoms with Crippen LogP contribution in [0.15, 0.2) is 41.0 Å². The maximum absolute atomic E-state index is 12.5. The lowest BCUT2D eigenvalue weighted by Crippen LogP contribution is -2.34. The first-order valence-corrected chi connectivity index (χ1v) is 7.36. The van der Waals surface area contributed by atoms with Crippen LogP contribution < -0.4 is 5.73 Å². The number of Topliss-reactive ketones (excluding diaryl/α,β-unsaturated/α-hetero) is 1. The van der Waals surface area contributed by atoms with Gasteiger partial charge in [0.2, 0.25) is 0 Å². The molecule has 1 aromatic heterocycles. The lowest BCUT2D eigenvalue weighted by Gasteiger charge is -2.15. The van der Waals surface area contributed by atoms with Crippen molar-refractivity contribution < 1.29 is 4.79 Å². The predicted octanol–water partition coefficient (Wildman–Crippen LogP) is 2.98. The van der Waals surface area contributed by atoms with Crippen LogP contribution in [0.2, 0.25) is 0 Å². The van der Waals surface area contributed by atoms with Crippen LogP contribution in [0, 0.1) is 0 Å². The summed E-state index contributed by atoms with van der Waals surface area (Å²) in [6.07, 6.45) is 2.16. The number of benzene rings is 1. The highest BCUT2D eigenvalue weighted by Crippen LogP contribution is 2.21. The second kappa shape index (κ2) is 6.33. The number of carbonyl (C=O) groups is 1. The van der Waals surface area contributed by atoms with Crippen LogP contribution in [0.5, 0.6) is 0 Å². The Morgan fingerprint density at radius 2 is 2.00 bits per heavy atom. The van der Waals surface area contributed by atoms with Crippen molar-refractivity contribution in [3.8, 4) is 0 Å². The molecule has 0 saturated heterocycles. The first-order chi connectivity index (χ1) is 9.50. The maximum atomic E-state index is 12.5. The van der Waals surface area contributed by atoms with Crippen molar-refractivity contribution in [2.75, 3.05) is 0 Å². The third-order valence-corrected chi connectivity index (χ3v) is 3.69. The molecule has 0 spiro atoms. The number of carbonyl (C=O) groups excluding carboxylic acids is 1. The highest BCUT2D eigenvalue weighted by Gasteiger charge is 2.24. The quantitative estimate of drug-likeness (QED) is 0.854. The molecule has 1 heterocycles. The van der Waals surface area contributed by atoms with Gasteiger partial charge in [0.15, 0.2) is 5.78 Å². The zero-order valence-electron chi connectivity index (χ0n) is 11.6. The molecular formula is C15H18BrN3O. The Balaban J connectivity index is 2.21. The summed E-state index contributed by atoms with van der Waals surface area (Å²) >= 11 is 3.38. The van der Waals surface area contributed by atoms with Crippen molar-refractivity contribution in [1.82, 2.24) is 9.78 Å². The van der Waals surface area contributed by atoms with Gasteiger partial charge in [-0.1, -0.05) is 30.3 Å². The average molecular weight is 336 g/mol. The molecule has 1 unspecified atom stereocenters. The van der Waals surface area contributed by atoms with Crippen molar-refractivity contribution in [2.45, 2.75) is 32.4 Å². The van der Waals surface area contributed by atoms with Gasteiger partial charge in [-0.2, -0.15) is 5.10 Å². The molecule has 1 aromatic carbocycles. The molecule has 0 aliphatic heterocycles. The molecular weight excluding hydrogens is 318 g/mol. The van der Waals surface area contributed by atoms with E-state index < -0.39 is 6.04 Å². The molecule has 0 aliphatic carbocycles. The fourth-order valence-electron chi connectivity index (χ4n) is 2.10. The third-order valence-electron chi connectivity index (χ3n) is 3.11. The molecule has 2 aromatic rings. The normalized spacial score (nSPS) is 12.7. The van der Waals surface area contributed by atoms with E-state index in [-0.39, 0.29) is 11.8 Å². The van der Waals surface area contributed by atoms with Crippen LogP contribution in [0.1, 0.15) is 35.9 Å². The SMILES string of the molecule is CC(C)n1ncc(Br)c1C(=O)C(N)Cc1ccccc1. The molecule has 0 saturated carbocycles. The number of nitrogens with zero attached hydrogens (tertiary/aromatic N) is 2. The Morgan fingerprint density at radius 1 is 1.35 bits per heavy atom. The number of hydrogen-bond acceptors (Lipinski definition) is 3. The van der Waals surface area contributed by atoms with Gasteiger partial charge in [-0.05, 0) is 41.8 Å². The summed E-state index contributed by atoms with van der Waals surface area (Å²) in [6.45, 7) is 3.97. The summed E-state index contributed by atoms with van der Waals surface area (Å²) in [7, 11) is 0. The van der Waals surface area contributed by atoms with E-state index in [1.54, 1.807) is 10.9 Å². The van der Waals surface area contributed by atoms with Crippen LogP contribution in [0.25, 0.3) is 0 Å². The minimum Gasteiger partial charge on any atom is -0.321 e. The van der Waals surface area contributed by atoms with Crippen molar-refractivity contribution in [2.24, 2.45) is 5.73 Å². The van der Waals surface area contributed by atoms with E-state index in [0.717, 1.165) is 5.56 Å². The van der Waals surface area contributed by atoms with Crippen LogP contribution in [0.4, 0.5) is 0 Å². The Labute approximate surface area is 127 Å². The highest BCUT2D eigenvalue weighted by atomic mass is 79.9. The molecule has 0 fully saturated rings. The van der Waals surface area contributed by atoms with Crippen LogP contribution in [-0.2, 0) is 6.42 Å². The summed E-state index contributed by atoms with van der Waals surface area (Å²) in [5.41, 5.74) is 7.67. The van der Waals surface area contributed by atoms with Gasteiger partial charge in [0.05, 0.1) is 16.7 Å². The van der Waals surface area contributed by atoms with Gasteiger partial charge in [0, 0.05) is 6.04 Å². The summed E-state index contributed by atoms with van der Waals surface area (Å²) in [6, 6.07) is 9.33. The number of aromatic nitrogens is 2. The van der Waals surface area contributed by atoms with Crippen LogP contribution in [0.3, 0.4) is 0 Å². The monoisotopic (exact) mass is 335 g/mol. The molecule has 5 heteroatoms. The highest BCUT2D eigenvalue weighted by molar-refractivity contribution is 9.10. The minimum atomic E-state index is -0.567. The summed E-state index contributed by atoms with van der Waals surface area (Å²) in [5.74, 6) is -0.0908. The minimum absolute atomic E-state index is 0.0908. The number of halogens is 1. The van der Waals surface area contributed by atoms with E-state index in [0.29, 0.717) is 16.6 Å². The van der Waals surface area contributed by atoms with E-state index in [1.165, 1.54) is 0 Å². The molecule has 0 aliphatic rings.